The topological polar surface area (TPSA) is 81.5 Å². The van der Waals surface area contributed by atoms with Crippen LogP contribution in [0.3, 0.4) is 0 Å². The van der Waals surface area contributed by atoms with Gasteiger partial charge in [-0.05, 0) is 42.9 Å². The molecule has 3 atom stereocenters. The number of rotatable bonds is 4. The molecule has 0 spiro atoms. The fourth-order valence-electron chi connectivity index (χ4n) is 5.95. The van der Waals surface area contributed by atoms with E-state index in [9.17, 15) is 9.90 Å². The van der Waals surface area contributed by atoms with E-state index in [0.717, 1.165) is 41.5 Å². The van der Waals surface area contributed by atoms with E-state index in [1.807, 2.05) is 49.4 Å². The molecule has 5 rings (SSSR count). The van der Waals surface area contributed by atoms with E-state index < -0.39 is 5.41 Å². The van der Waals surface area contributed by atoms with Gasteiger partial charge in [-0.25, -0.2) is 4.98 Å². The molecule has 1 fully saturated rings. The van der Waals surface area contributed by atoms with Gasteiger partial charge in [0.2, 0.25) is 5.88 Å². The fraction of sp³-hybridized carbons (Fsp3) is 0.321. The van der Waals surface area contributed by atoms with E-state index in [1.165, 1.54) is 0 Å². The highest BCUT2D eigenvalue weighted by Crippen LogP contribution is 2.56. The van der Waals surface area contributed by atoms with Crippen LogP contribution in [0, 0.1) is 11.8 Å². The van der Waals surface area contributed by atoms with Crippen LogP contribution < -0.4 is 9.47 Å². The standard InChI is InChI=1S/C28H28N2O4/c1-17-22-14-13-21-25(28(22,15-18(16-31)24(17)32)19-9-5-4-6-10-19)29-26(30-27(21)34-3)20-11-7-8-12-23(20)33-2/h4-12,16-17,22,31H,13-15H2,1-3H3/t17-,22-,28+/m0/s1. The lowest BCUT2D eigenvalue weighted by molar-refractivity contribution is -0.123. The number of aliphatic hydroxyl groups is 1. The van der Waals surface area contributed by atoms with Crippen molar-refractivity contribution in [3.05, 3.63) is 83.3 Å². The fourth-order valence-corrected chi connectivity index (χ4v) is 5.95. The van der Waals surface area contributed by atoms with E-state index in [0.29, 0.717) is 29.4 Å². The predicted octanol–water partition coefficient (Wildman–Crippen LogP) is 5.06. The molecule has 1 N–H and O–H groups in total. The Morgan fingerprint density at radius 1 is 1.03 bits per heavy atom. The van der Waals surface area contributed by atoms with Gasteiger partial charge in [0.25, 0.3) is 0 Å². The minimum Gasteiger partial charge on any atom is -0.515 e. The second-order valence-corrected chi connectivity index (χ2v) is 9.05. The second-order valence-electron chi connectivity index (χ2n) is 9.05. The average Bonchev–Trinajstić information content (AvgIpc) is 2.90. The summed E-state index contributed by atoms with van der Waals surface area (Å²) in [4.78, 5) is 23.0. The Morgan fingerprint density at radius 3 is 2.47 bits per heavy atom. The Morgan fingerprint density at radius 2 is 1.76 bits per heavy atom. The highest BCUT2D eigenvalue weighted by atomic mass is 16.5. The number of hydrogen-bond acceptors (Lipinski definition) is 6. The van der Waals surface area contributed by atoms with E-state index in [1.54, 1.807) is 14.2 Å². The highest BCUT2D eigenvalue weighted by Gasteiger charge is 2.55. The number of allylic oxidation sites excluding steroid dienone is 1. The summed E-state index contributed by atoms with van der Waals surface area (Å²) in [6.07, 6.45) is 2.88. The monoisotopic (exact) mass is 456 g/mol. The predicted molar refractivity (Wildman–Crippen MR) is 129 cm³/mol. The largest absolute Gasteiger partial charge is 0.515 e. The Balaban J connectivity index is 1.84. The quantitative estimate of drug-likeness (QED) is 0.437. The number of aliphatic hydroxyl groups excluding tert-OH is 1. The van der Waals surface area contributed by atoms with Crippen molar-refractivity contribution < 1.29 is 19.4 Å². The molecular weight excluding hydrogens is 428 g/mol. The first-order chi connectivity index (χ1) is 16.5. The molecule has 2 aliphatic rings. The van der Waals surface area contributed by atoms with E-state index >= 15 is 0 Å². The maximum absolute atomic E-state index is 13.1. The normalized spacial score (nSPS) is 24.9. The van der Waals surface area contributed by atoms with Crippen LogP contribution in [0.15, 0.2) is 66.4 Å². The zero-order chi connectivity index (χ0) is 23.9. The zero-order valence-corrected chi connectivity index (χ0v) is 19.6. The summed E-state index contributed by atoms with van der Waals surface area (Å²) in [6, 6.07) is 17.9. The summed E-state index contributed by atoms with van der Waals surface area (Å²) in [5.74, 6) is 1.52. The number of hydrogen-bond donors (Lipinski definition) is 1. The summed E-state index contributed by atoms with van der Waals surface area (Å²) >= 11 is 0. The number of ether oxygens (including phenoxy) is 2. The number of carbonyl (C=O) groups is 1. The second kappa shape index (κ2) is 8.60. The molecule has 34 heavy (non-hydrogen) atoms. The van der Waals surface area contributed by atoms with Crippen molar-refractivity contribution in [1.82, 2.24) is 9.97 Å². The van der Waals surface area contributed by atoms with Crippen molar-refractivity contribution in [2.24, 2.45) is 11.8 Å². The van der Waals surface area contributed by atoms with Gasteiger partial charge in [0.15, 0.2) is 11.6 Å². The smallest absolute Gasteiger partial charge is 0.220 e. The molecule has 0 bridgehead atoms. The molecule has 1 saturated carbocycles. The molecule has 2 aromatic carbocycles. The molecule has 0 radical (unpaired) electrons. The number of carbonyl (C=O) groups excluding carboxylic acids is 1. The van der Waals surface area contributed by atoms with Gasteiger partial charge in [-0.1, -0.05) is 49.4 Å². The number of Topliss-reactive ketones (excluding diaryl/α,β-unsaturated/α-hetero) is 1. The Hall–Kier alpha value is -3.67. The van der Waals surface area contributed by atoms with Crippen molar-refractivity contribution in [3.8, 4) is 23.0 Å². The van der Waals surface area contributed by atoms with Crippen LogP contribution in [0.5, 0.6) is 11.6 Å². The number of ketones is 1. The first-order valence-electron chi connectivity index (χ1n) is 11.6. The number of benzene rings is 2. The van der Waals surface area contributed by atoms with Gasteiger partial charge < -0.3 is 14.6 Å². The lowest BCUT2D eigenvalue weighted by Crippen LogP contribution is -2.51. The lowest BCUT2D eigenvalue weighted by atomic mass is 9.52. The summed E-state index contributed by atoms with van der Waals surface area (Å²) in [5.41, 5.74) is 3.50. The first-order valence-corrected chi connectivity index (χ1v) is 11.6. The van der Waals surface area contributed by atoms with E-state index in [4.69, 9.17) is 19.4 Å². The van der Waals surface area contributed by atoms with Crippen molar-refractivity contribution >= 4 is 5.78 Å². The number of para-hydroxylation sites is 1. The van der Waals surface area contributed by atoms with Gasteiger partial charge in [0.1, 0.15) is 5.75 Å². The maximum Gasteiger partial charge on any atom is 0.220 e. The summed E-state index contributed by atoms with van der Waals surface area (Å²) in [6.45, 7) is 1.97. The molecule has 174 valence electrons. The van der Waals surface area contributed by atoms with Crippen molar-refractivity contribution in [1.29, 1.82) is 0 Å². The van der Waals surface area contributed by atoms with Crippen LogP contribution in [0.25, 0.3) is 11.4 Å². The lowest BCUT2D eigenvalue weighted by Gasteiger charge is -2.50. The minimum absolute atomic E-state index is 0.00785. The molecule has 1 heterocycles. The van der Waals surface area contributed by atoms with Crippen molar-refractivity contribution in [2.45, 2.75) is 31.6 Å². The van der Waals surface area contributed by atoms with Crippen LogP contribution in [0.4, 0.5) is 0 Å². The number of aromatic nitrogens is 2. The molecule has 0 amide bonds. The Kier molecular flexibility index (Phi) is 5.60. The molecular formula is C28H28N2O4. The van der Waals surface area contributed by atoms with E-state index in [2.05, 4.69) is 12.1 Å². The van der Waals surface area contributed by atoms with Crippen LogP contribution in [-0.2, 0) is 16.6 Å². The highest BCUT2D eigenvalue weighted by molar-refractivity contribution is 5.98. The average molecular weight is 457 g/mol. The zero-order valence-electron chi connectivity index (χ0n) is 19.6. The molecule has 2 aliphatic carbocycles. The summed E-state index contributed by atoms with van der Waals surface area (Å²) < 4.78 is 11.4. The molecule has 6 nitrogen and oxygen atoms in total. The van der Waals surface area contributed by atoms with Gasteiger partial charge in [-0.3, -0.25) is 4.79 Å². The van der Waals surface area contributed by atoms with Crippen LogP contribution >= 0.6 is 0 Å². The molecule has 0 unspecified atom stereocenters. The summed E-state index contributed by atoms with van der Waals surface area (Å²) in [5, 5.41) is 10.0. The van der Waals surface area contributed by atoms with Crippen LogP contribution in [0.2, 0.25) is 0 Å². The number of fused-ring (bicyclic) bond motifs is 3. The number of nitrogens with zero attached hydrogens (tertiary/aromatic N) is 2. The SMILES string of the molecule is COc1ccccc1-c1nc(OC)c2c(n1)[C@@]1(c3ccccc3)CC(=CO)C(=O)[C@@H](C)[C@@H]1CC2. The third-order valence-electron chi connectivity index (χ3n) is 7.52. The Labute approximate surface area is 199 Å². The maximum atomic E-state index is 13.1. The molecule has 3 aromatic rings. The van der Waals surface area contributed by atoms with Gasteiger partial charge in [0.05, 0.1) is 31.7 Å². The Bertz CT molecular complexity index is 1270. The van der Waals surface area contributed by atoms with Crippen molar-refractivity contribution in [2.75, 3.05) is 14.2 Å². The third-order valence-corrected chi connectivity index (χ3v) is 7.52. The first kappa shape index (κ1) is 22.1. The van der Waals surface area contributed by atoms with Crippen LogP contribution in [-0.4, -0.2) is 35.1 Å². The minimum atomic E-state index is -0.594. The number of methoxy groups -OCH3 is 2. The molecule has 1 aromatic heterocycles. The molecule has 6 heteroatoms. The summed E-state index contributed by atoms with van der Waals surface area (Å²) in [7, 11) is 3.25. The molecule has 0 saturated heterocycles. The van der Waals surface area contributed by atoms with Crippen LogP contribution in [0.1, 0.15) is 36.6 Å². The molecule has 0 aliphatic heterocycles. The van der Waals surface area contributed by atoms with E-state index in [-0.39, 0.29) is 17.6 Å². The third kappa shape index (κ3) is 3.20. The van der Waals surface area contributed by atoms with Gasteiger partial charge in [0, 0.05) is 22.5 Å². The van der Waals surface area contributed by atoms with Gasteiger partial charge in [-0.15, -0.1) is 0 Å². The van der Waals surface area contributed by atoms with Gasteiger partial charge >= 0.3 is 0 Å². The van der Waals surface area contributed by atoms with Gasteiger partial charge in [-0.2, -0.15) is 4.98 Å². The van der Waals surface area contributed by atoms with Crippen molar-refractivity contribution in [3.63, 3.8) is 0 Å².